The minimum absolute atomic E-state index is 0.522. The van der Waals surface area contributed by atoms with E-state index in [1.54, 1.807) is 13.3 Å². The number of ether oxygens (including phenoxy) is 2. The number of hydrogen-bond acceptors (Lipinski definition) is 7. The Balaban J connectivity index is 1.49. The quantitative estimate of drug-likeness (QED) is 0.768. The number of piperidine rings is 1. The molecule has 2 aromatic rings. The molecule has 1 N–H and O–H groups in total. The molecule has 2 aliphatic heterocycles. The molecular weight excluding hydrogens is 390 g/mol. The first kappa shape index (κ1) is 20.2. The Kier molecular flexibility index (Phi) is 6.69. The smallest absolute Gasteiger partial charge is 0.229 e. The minimum Gasteiger partial charge on any atom is -0.495 e. The molecule has 8 heteroatoms. The van der Waals surface area contributed by atoms with Crippen molar-refractivity contribution in [3.63, 3.8) is 0 Å². The van der Waals surface area contributed by atoms with E-state index in [0.29, 0.717) is 11.0 Å². The summed E-state index contributed by atoms with van der Waals surface area (Å²) in [5.74, 6) is 2.09. The van der Waals surface area contributed by atoms with Gasteiger partial charge < -0.3 is 19.7 Å². The summed E-state index contributed by atoms with van der Waals surface area (Å²) in [6.45, 7) is 6.36. The Morgan fingerprint density at radius 1 is 1.14 bits per heavy atom. The maximum absolute atomic E-state index is 6.37. The van der Waals surface area contributed by atoms with Crippen LogP contribution in [0.1, 0.15) is 24.8 Å². The Labute approximate surface area is 177 Å². The standard InChI is InChI=1S/C21H28ClN5O2/c1-28-19-13-16(15-26-9-11-29-12-10-26)5-6-18(19)24-21-23-14-17(22)20(25-21)27-7-3-2-4-8-27/h5-6,13-14H,2-4,7-12,15H2,1H3,(H,23,24,25). The molecule has 0 amide bonds. The van der Waals surface area contributed by atoms with E-state index in [-0.39, 0.29) is 0 Å². The number of halogens is 1. The van der Waals surface area contributed by atoms with E-state index in [1.165, 1.54) is 24.8 Å². The second-order valence-corrected chi connectivity index (χ2v) is 7.87. The predicted molar refractivity (Wildman–Crippen MR) is 115 cm³/mol. The third-order valence-electron chi connectivity index (χ3n) is 5.40. The summed E-state index contributed by atoms with van der Waals surface area (Å²) in [7, 11) is 1.68. The van der Waals surface area contributed by atoms with Gasteiger partial charge in [0.1, 0.15) is 10.8 Å². The topological polar surface area (TPSA) is 62.8 Å². The lowest BCUT2D eigenvalue weighted by molar-refractivity contribution is 0.0342. The second-order valence-electron chi connectivity index (χ2n) is 7.46. The van der Waals surface area contributed by atoms with E-state index in [1.807, 2.05) is 6.07 Å². The van der Waals surface area contributed by atoms with E-state index < -0.39 is 0 Å². The van der Waals surface area contributed by atoms with E-state index >= 15 is 0 Å². The molecule has 2 aliphatic rings. The van der Waals surface area contributed by atoms with Crippen molar-refractivity contribution in [1.82, 2.24) is 14.9 Å². The van der Waals surface area contributed by atoms with E-state index in [0.717, 1.165) is 63.2 Å². The molecule has 1 aromatic heterocycles. The number of benzene rings is 1. The second kappa shape index (κ2) is 9.61. The lowest BCUT2D eigenvalue weighted by atomic mass is 10.1. The Bertz CT molecular complexity index is 823. The summed E-state index contributed by atoms with van der Waals surface area (Å²) >= 11 is 6.37. The lowest BCUT2D eigenvalue weighted by Gasteiger charge is -2.28. The van der Waals surface area contributed by atoms with Crippen LogP contribution < -0.4 is 15.0 Å². The average Bonchev–Trinajstić information content (AvgIpc) is 2.77. The molecule has 2 fully saturated rings. The van der Waals surface area contributed by atoms with E-state index in [9.17, 15) is 0 Å². The molecule has 0 saturated carbocycles. The third kappa shape index (κ3) is 5.10. The van der Waals surface area contributed by atoms with Crippen LogP contribution in [-0.4, -0.2) is 61.4 Å². The van der Waals surface area contributed by atoms with Crippen molar-refractivity contribution in [3.8, 4) is 5.75 Å². The molecule has 0 spiro atoms. The highest BCUT2D eigenvalue weighted by Crippen LogP contribution is 2.31. The lowest BCUT2D eigenvalue weighted by Crippen LogP contribution is -2.35. The molecule has 4 rings (SSSR count). The van der Waals surface area contributed by atoms with Gasteiger partial charge in [-0.1, -0.05) is 17.7 Å². The van der Waals surface area contributed by atoms with Crippen LogP contribution in [0.5, 0.6) is 5.75 Å². The van der Waals surface area contributed by atoms with Gasteiger partial charge in [-0.15, -0.1) is 0 Å². The zero-order chi connectivity index (χ0) is 20.1. The van der Waals surface area contributed by atoms with Gasteiger partial charge in [-0.05, 0) is 37.0 Å². The number of morpholine rings is 1. The number of hydrogen-bond donors (Lipinski definition) is 1. The van der Waals surface area contributed by atoms with Crippen LogP contribution in [0.4, 0.5) is 17.5 Å². The number of aromatic nitrogens is 2. The highest BCUT2D eigenvalue weighted by molar-refractivity contribution is 6.32. The fraction of sp³-hybridized carbons (Fsp3) is 0.524. The van der Waals surface area contributed by atoms with Gasteiger partial charge in [0.05, 0.1) is 32.2 Å². The SMILES string of the molecule is COc1cc(CN2CCOCC2)ccc1Nc1ncc(Cl)c(N2CCCCC2)n1. The Morgan fingerprint density at radius 2 is 1.93 bits per heavy atom. The van der Waals surface area contributed by atoms with Crippen molar-refractivity contribution >= 4 is 29.1 Å². The number of nitrogens with zero attached hydrogens (tertiary/aromatic N) is 4. The third-order valence-corrected chi connectivity index (χ3v) is 5.67. The Hall–Kier alpha value is -2.09. The van der Waals surface area contributed by atoms with E-state index in [4.69, 9.17) is 21.1 Å². The normalized spacial score (nSPS) is 17.9. The number of nitrogens with one attached hydrogen (secondary N) is 1. The monoisotopic (exact) mass is 417 g/mol. The molecule has 29 heavy (non-hydrogen) atoms. The molecule has 0 bridgehead atoms. The molecule has 156 valence electrons. The van der Waals surface area contributed by atoms with Crippen molar-refractivity contribution in [2.45, 2.75) is 25.8 Å². The van der Waals surface area contributed by atoms with Gasteiger partial charge in [-0.25, -0.2) is 4.98 Å². The summed E-state index contributed by atoms with van der Waals surface area (Å²) in [6, 6.07) is 6.20. The molecule has 0 aliphatic carbocycles. The van der Waals surface area contributed by atoms with Crippen LogP contribution in [0.15, 0.2) is 24.4 Å². The fourth-order valence-electron chi connectivity index (χ4n) is 3.82. The Morgan fingerprint density at radius 3 is 2.69 bits per heavy atom. The summed E-state index contributed by atoms with van der Waals surface area (Å²) < 4.78 is 11.0. The molecule has 1 aromatic carbocycles. The first-order valence-electron chi connectivity index (χ1n) is 10.2. The molecule has 0 radical (unpaired) electrons. The highest BCUT2D eigenvalue weighted by atomic mass is 35.5. The summed E-state index contributed by atoms with van der Waals surface area (Å²) in [5.41, 5.74) is 2.05. The number of methoxy groups -OCH3 is 1. The molecule has 2 saturated heterocycles. The fourth-order valence-corrected chi connectivity index (χ4v) is 4.03. The van der Waals surface area contributed by atoms with Gasteiger partial charge in [0, 0.05) is 32.7 Å². The van der Waals surface area contributed by atoms with Crippen molar-refractivity contribution in [3.05, 3.63) is 35.0 Å². The zero-order valence-electron chi connectivity index (χ0n) is 16.9. The van der Waals surface area contributed by atoms with Crippen molar-refractivity contribution in [2.75, 3.05) is 56.7 Å². The van der Waals surface area contributed by atoms with Gasteiger partial charge in [0.2, 0.25) is 5.95 Å². The van der Waals surface area contributed by atoms with Gasteiger partial charge in [-0.2, -0.15) is 4.98 Å². The first-order valence-corrected chi connectivity index (χ1v) is 10.6. The van der Waals surface area contributed by atoms with Crippen LogP contribution in [0, 0.1) is 0 Å². The van der Waals surface area contributed by atoms with Crippen LogP contribution in [0.3, 0.4) is 0 Å². The number of anilines is 3. The van der Waals surface area contributed by atoms with Crippen LogP contribution in [0.25, 0.3) is 0 Å². The van der Waals surface area contributed by atoms with Gasteiger partial charge >= 0.3 is 0 Å². The van der Waals surface area contributed by atoms with Crippen molar-refractivity contribution < 1.29 is 9.47 Å². The maximum atomic E-state index is 6.37. The average molecular weight is 418 g/mol. The largest absolute Gasteiger partial charge is 0.495 e. The molecule has 0 atom stereocenters. The summed E-state index contributed by atoms with van der Waals surface area (Å²) in [5, 5.41) is 3.88. The van der Waals surface area contributed by atoms with Crippen LogP contribution in [0.2, 0.25) is 5.02 Å². The van der Waals surface area contributed by atoms with Crippen molar-refractivity contribution in [2.24, 2.45) is 0 Å². The zero-order valence-corrected chi connectivity index (χ0v) is 17.6. The van der Waals surface area contributed by atoms with Gasteiger partial charge in [-0.3, -0.25) is 4.90 Å². The summed E-state index contributed by atoms with van der Waals surface area (Å²) in [6.07, 6.45) is 5.27. The summed E-state index contributed by atoms with van der Waals surface area (Å²) in [4.78, 5) is 13.7. The van der Waals surface area contributed by atoms with Crippen molar-refractivity contribution in [1.29, 1.82) is 0 Å². The van der Waals surface area contributed by atoms with Gasteiger partial charge in [0.25, 0.3) is 0 Å². The van der Waals surface area contributed by atoms with Gasteiger partial charge in [0.15, 0.2) is 5.82 Å². The number of rotatable bonds is 6. The minimum atomic E-state index is 0.522. The van der Waals surface area contributed by atoms with Crippen LogP contribution >= 0.6 is 11.6 Å². The molecule has 0 unspecified atom stereocenters. The van der Waals surface area contributed by atoms with E-state index in [2.05, 4.69) is 37.2 Å². The molecule has 7 nitrogen and oxygen atoms in total. The first-order chi connectivity index (χ1) is 14.2. The highest BCUT2D eigenvalue weighted by Gasteiger charge is 2.17. The molecular formula is C21H28ClN5O2. The molecule has 3 heterocycles. The predicted octanol–water partition coefficient (Wildman–Crippen LogP) is 3.70. The van der Waals surface area contributed by atoms with Crippen LogP contribution in [-0.2, 0) is 11.3 Å². The maximum Gasteiger partial charge on any atom is 0.229 e.